The fourth-order valence-corrected chi connectivity index (χ4v) is 1.49. The normalized spacial score (nSPS) is 10.4. The number of hydrogen-bond donors (Lipinski definition) is 2. The molecule has 0 saturated carbocycles. The molecular weight excluding hydrogens is 218 g/mol. The summed E-state index contributed by atoms with van der Waals surface area (Å²) < 4.78 is 5.56. The molecule has 1 rings (SSSR count). The summed E-state index contributed by atoms with van der Waals surface area (Å²) in [4.78, 5) is 8.81. The third-order valence-corrected chi connectivity index (χ3v) is 2.40. The zero-order chi connectivity index (χ0) is 12.7. The van der Waals surface area contributed by atoms with E-state index in [1.165, 1.54) is 0 Å². The molecule has 17 heavy (non-hydrogen) atoms. The Bertz CT molecular complexity index is 356. The lowest BCUT2D eigenvalue weighted by atomic mass is 10.3. The first-order valence-corrected chi connectivity index (χ1v) is 6.01. The van der Waals surface area contributed by atoms with Crippen LogP contribution in [0.25, 0.3) is 0 Å². The van der Waals surface area contributed by atoms with Gasteiger partial charge >= 0.3 is 0 Å². The van der Waals surface area contributed by atoms with E-state index in [4.69, 9.17) is 9.84 Å². The van der Waals surface area contributed by atoms with Gasteiger partial charge in [0, 0.05) is 26.5 Å². The highest BCUT2D eigenvalue weighted by Crippen LogP contribution is 2.22. The second-order valence-electron chi connectivity index (χ2n) is 3.84. The van der Waals surface area contributed by atoms with Crippen molar-refractivity contribution in [3.8, 4) is 5.88 Å². The van der Waals surface area contributed by atoms with E-state index in [2.05, 4.69) is 22.2 Å². The average molecular weight is 239 g/mol. The van der Waals surface area contributed by atoms with E-state index in [1.807, 2.05) is 14.0 Å². The number of nitrogens with one attached hydrogen (secondary N) is 1. The number of anilines is 1. The number of ether oxygens (including phenoxy) is 1. The van der Waals surface area contributed by atoms with Gasteiger partial charge in [-0.1, -0.05) is 6.92 Å². The molecule has 96 valence electrons. The third kappa shape index (κ3) is 3.85. The first-order valence-electron chi connectivity index (χ1n) is 6.01. The molecular formula is C12H21N3O2. The Hall–Kier alpha value is -1.36. The average Bonchev–Trinajstić information content (AvgIpc) is 2.33. The second-order valence-corrected chi connectivity index (χ2v) is 3.84. The zero-order valence-corrected chi connectivity index (χ0v) is 10.8. The Balaban J connectivity index is 2.88. The summed E-state index contributed by atoms with van der Waals surface area (Å²) in [7, 11) is 1.84. The van der Waals surface area contributed by atoms with Crippen LogP contribution in [0.1, 0.15) is 31.2 Å². The van der Waals surface area contributed by atoms with Gasteiger partial charge in [0.1, 0.15) is 11.6 Å². The van der Waals surface area contributed by atoms with Crippen molar-refractivity contribution in [2.24, 2.45) is 0 Å². The summed E-state index contributed by atoms with van der Waals surface area (Å²) in [6.45, 7) is 4.62. The Morgan fingerprint density at radius 3 is 2.71 bits per heavy atom. The van der Waals surface area contributed by atoms with Gasteiger partial charge < -0.3 is 15.2 Å². The van der Waals surface area contributed by atoms with Gasteiger partial charge in [0.15, 0.2) is 0 Å². The predicted molar refractivity (Wildman–Crippen MR) is 67.5 cm³/mol. The van der Waals surface area contributed by atoms with Crippen molar-refractivity contribution in [1.29, 1.82) is 0 Å². The predicted octanol–water partition coefficient (Wildman–Crippen LogP) is 1.54. The highest BCUT2D eigenvalue weighted by atomic mass is 16.5. The molecule has 0 amide bonds. The number of aliphatic hydroxyl groups excluding tert-OH is 1. The standard InChI is InChI=1S/C12H21N3O2/c1-4-6-10-14-11(13-3)9(2)12(15-10)17-8-5-7-16/h16H,4-8H2,1-3H3,(H,13,14,15). The minimum Gasteiger partial charge on any atom is -0.477 e. The molecule has 1 aromatic rings. The smallest absolute Gasteiger partial charge is 0.221 e. The molecule has 0 aromatic carbocycles. The molecule has 0 aliphatic rings. The highest BCUT2D eigenvalue weighted by Gasteiger charge is 2.10. The van der Waals surface area contributed by atoms with Crippen LogP contribution in [0.15, 0.2) is 0 Å². The van der Waals surface area contributed by atoms with Crippen LogP contribution in [0, 0.1) is 6.92 Å². The molecule has 0 unspecified atom stereocenters. The lowest BCUT2D eigenvalue weighted by molar-refractivity contribution is 0.228. The fraction of sp³-hybridized carbons (Fsp3) is 0.667. The van der Waals surface area contributed by atoms with E-state index in [-0.39, 0.29) is 6.61 Å². The maximum absolute atomic E-state index is 8.73. The van der Waals surface area contributed by atoms with E-state index >= 15 is 0 Å². The monoisotopic (exact) mass is 239 g/mol. The summed E-state index contributed by atoms with van der Waals surface area (Å²) in [5.74, 6) is 2.21. The first kappa shape index (κ1) is 13.7. The van der Waals surface area contributed by atoms with Crippen LogP contribution in [0.2, 0.25) is 0 Å². The topological polar surface area (TPSA) is 67.3 Å². The van der Waals surface area contributed by atoms with Crippen molar-refractivity contribution in [2.45, 2.75) is 33.1 Å². The first-order chi connectivity index (χ1) is 8.22. The van der Waals surface area contributed by atoms with E-state index in [0.29, 0.717) is 18.9 Å². The van der Waals surface area contributed by atoms with E-state index < -0.39 is 0 Å². The van der Waals surface area contributed by atoms with Gasteiger partial charge in [-0.25, -0.2) is 4.98 Å². The summed E-state index contributed by atoms with van der Waals surface area (Å²) in [6.07, 6.45) is 2.45. The molecule has 1 aromatic heterocycles. The Labute approximate surface area is 102 Å². The fourth-order valence-electron chi connectivity index (χ4n) is 1.49. The largest absolute Gasteiger partial charge is 0.477 e. The van der Waals surface area contributed by atoms with E-state index in [9.17, 15) is 0 Å². The van der Waals surface area contributed by atoms with Crippen LogP contribution in [0.3, 0.4) is 0 Å². The van der Waals surface area contributed by atoms with Gasteiger partial charge in [-0.2, -0.15) is 4.98 Å². The minimum absolute atomic E-state index is 0.130. The molecule has 0 radical (unpaired) electrons. The van der Waals surface area contributed by atoms with Crippen LogP contribution in [-0.2, 0) is 6.42 Å². The maximum Gasteiger partial charge on any atom is 0.221 e. The SMILES string of the molecule is CCCc1nc(NC)c(C)c(OCCCO)n1. The van der Waals surface area contributed by atoms with Gasteiger partial charge in [0.2, 0.25) is 5.88 Å². The molecule has 0 atom stereocenters. The van der Waals surface area contributed by atoms with Gasteiger partial charge in [-0.05, 0) is 13.3 Å². The lowest BCUT2D eigenvalue weighted by Crippen LogP contribution is -2.08. The molecule has 0 bridgehead atoms. The second kappa shape index (κ2) is 7.06. The summed E-state index contributed by atoms with van der Waals surface area (Å²) in [6, 6.07) is 0. The molecule has 0 aliphatic heterocycles. The van der Waals surface area contributed by atoms with Crippen LogP contribution < -0.4 is 10.1 Å². The molecule has 0 spiro atoms. The summed E-state index contributed by atoms with van der Waals surface area (Å²) in [5, 5.41) is 11.8. The van der Waals surface area contributed by atoms with E-state index in [0.717, 1.165) is 30.0 Å². The molecule has 1 heterocycles. The minimum atomic E-state index is 0.130. The molecule has 0 fully saturated rings. The Kier molecular flexibility index (Phi) is 5.69. The molecule has 0 aliphatic carbocycles. The quantitative estimate of drug-likeness (QED) is 0.706. The third-order valence-electron chi connectivity index (χ3n) is 2.40. The van der Waals surface area contributed by atoms with Gasteiger partial charge in [0.05, 0.1) is 12.2 Å². The highest BCUT2D eigenvalue weighted by molar-refractivity contribution is 5.48. The maximum atomic E-state index is 8.73. The van der Waals surface area contributed by atoms with Crippen LogP contribution in [0.4, 0.5) is 5.82 Å². The number of aromatic nitrogens is 2. The van der Waals surface area contributed by atoms with Gasteiger partial charge in [0.25, 0.3) is 0 Å². The van der Waals surface area contributed by atoms with E-state index in [1.54, 1.807) is 0 Å². The Morgan fingerprint density at radius 1 is 1.35 bits per heavy atom. The number of aryl methyl sites for hydroxylation is 1. The Morgan fingerprint density at radius 2 is 2.12 bits per heavy atom. The molecule has 2 N–H and O–H groups in total. The van der Waals surface area contributed by atoms with Crippen molar-refractivity contribution < 1.29 is 9.84 Å². The van der Waals surface area contributed by atoms with Crippen molar-refractivity contribution >= 4 is 5.82 Å². The number of rotatable bonds is 7. The summed E-state index contributed by atoms with van der Waals surface area (Å²) >= 11 is 0. The van der Waals surface area contributed by atoms with Crippen molar-refractivity contribution in [1.82, 2.24) is 9.97 Å². The molecule has 5 heteroatoms. The molecule has 5 nitrogen and oxygen atoms in total. The van der Waals surface area contributed by atoms with Crippen LogP contribution >= 0.6 is 0 Å². The van der Waals surface area contributed by atoms with Crippen molar-refractivity contribution in [3.05, 3.63) is 11.4 Å². The molecule has 0 saturated heterocycles. The van der Waals surface area contributed by atoms with Gasteiger partial charge in [-0.3, -0.25) is 0 Å². The van der Waals surface area contributed by atoms with Crippen molar-refractivity contribution in [2.75, 3.05) is 25.6 Å². The van der Waals surface area contributed by atoms with Crippen LogP contribution in [-0.4, -0.2) is 35.3 Å². The number of aliphatic hydroxyl groups is 1. The van der Waals surface area contributed by atoms with Gasteiger partial charge in [-0.15, -0.1) is 0 Å². The summed E-state index contributed by atoms with van der Waals surface area (Å²) in [5.41, 5.74) is 0.908. The zero-order valence-electron chi connectivity index (χ0n) is 10.8. The number of nitrogens with zero attached hydrogens (tertiary/aromatic N) is 2. The number of hydrogen-bond acceptors (Lipinski definition) is 5. The lowest BCUT2D eigenvalue weighted by Gasteiger charge is -2.12. The van der Waals surface area contributed by atoms with Crippen LogP contribution in [0.5, 0.6) is 5.88 Å². The van der Waals surface area contributed by atoms with Crippen molar-refractivity contribution in [3.63, 3.8) is 0 Å².